The lowest BCUT2D eigenvalue weighted by Gasteiger charge is -2.14. The number of nitrogens with zero attached hydrogens (tertiary/aromatic N) is 1. The van der Waals surface area contributed by atoms with Gasteiger partial charge in [0.1, 0.15) is 5.75 Å². The summed E-state index contributed by atoms with van der Waals surface area (Å²) in [5.74, 6) is 0.172. The van der Waals surface area contributed by atoms with Crippen LogP contribution in [0.25, 0.3) is 0 Å². The fraction of sp³-hybridized carbons (Fsp3) is 0.357. The zero-order valence-electron chi connectivity index (χ0n) is 11.3. The molecular formula is C14H16F2N2OS. The van der Waals surface area contributed by atoms with Crippen molar-refractivity contribution in [2.75, 3.05) is 0 Å². The molecule has 20 heavy (non-hydrogen) atoms. The van der Waals surface area contributed by atoms with Crippen LogP contribution >= 0.6 is 11.3 Å². The van der Waals surface area contributed by atoms with Crippen molar-refractivity contribution >= 4 is 11.3 Å². The van der Waals surface area contributed by atoms with Gasteiger partial charge < -0.3 is 10.1 Å². The van der Waals surface area contributed by atoms with E-state index in [2.05, 4.69) is 15.0 Å². The molecule has 3 nitrogen and oxygen atoms in total. The lowest BCUT2D eigenvalue weighted by molar-refractivity contribution is -0.0498. The highest BCUT2D eigenvalue weighted by Gasteiger charge is 2.08. The first kappa shape index (κ1) is 14.9. The number of ether oxygens (including phenoxy) is 1. The third-order valence-corrected chi connectivity index (χ3v) is 3.68. The van der Waals surface area contributed by atoms with E-state index in [1.807, 2.05) is 19.2 Å². The number of rotatable bonds is 6. The maximum atomic E-state index is 12.0. The Morgan fingerprint density at radius 3 is 2.55 bits per heavy atom. The van der Waals surface area contributed by atoms with E-state index >= 15 is 0 Å². The number of aromatic nitrogens is 1. The predicted octanol–water partition coefficient (Wildman–Crippen LogP) is 3.90. The average Bonchev–Trinajstić information content (AvgIpc) is 2.82. The Labute approximate surface area is 120 Å². The summed E-state index contributed by atoms with van der Waals surface area (Å²) in [6.45, 7) is 1.88. The minimum absolute atomic E-state index is 0.109. The quantitative estimate of drug-likeness (QED) is 0.878. The van der Waals surface area contributed by atoms with Crippen LogP contribution in [0.2, 0.25) is 0 Å². The van der Waals surface area contributed by atoms with Crippen LogP contribution in [0.4, 0.5) is 8.78 Å². The molecule has 0 fully saturated rings. The summed E-state index contributed by atoms with van der Waals surface area (Å²) in [4.78, 5) is 4.38. The molecule has 0 amide bonds. The number of benzene rings is 1. The molecule has 0 saturated heterocycles. The van der Waals surface area contributed by atoms with E-state index in [1.54, 1.807) is 35.6 Å². The molecule has 6 heteroatoms. The van der Waals surface area contributed by atoms with Crippen molar-refractivity contribution in [2.45, 2.75) is 33.0 Å². The molecule has 0 aliphatic rings. The highest BCUT2D eigenvalue weighted by atomic mass is 32.1. The van der Waals surface area contributed by atoms with Gasteiger partial charge in [0.15, 0.2) is 0 Å². The first-order valence-electron chi connectivity index (χ1n) is 6.24. The van der Waals surface area contributed by atoms with Gasteiger partial charge in [-0.3, -0.25) is 0 Å². The molecule has 1 N–H and O–H groups in total. The van der Waals surface area contributed by atoms with Crippen LogP contribution in [0, 0.1) is 6.92 Å². The summed E-state index contributed by atoms with van der Waals surface area (Å²) in [5.41, 5.74) is 2.02. The number of aryl methyl sites for hydroxylation is 1. The van der Waals surface area contributed by atoms with Crippen molar-refractivity contribution in [2.24, 2.45) is 0 Å². The summed E-state index contributed by atoms with van der Waals surface area (Å²) in [7, 11) is 0. The van der Waals surface area contributed by atoms with Crippen molar-refractivity contribution in [1.82, 2.24) is 10.3 Å². The number of hydrogen-bond donors (Lipinski definition) is 1. The predicted molar refractivity (Wildman–Crippen MR) is 75.2 cm³/mol. The molecule has 0 radical (unpaired) electrons. The summed E-state index contributed by atoms with van der Waals surface area (Å²) in [5, 5.41) is 6.41. The van der Waals surface area contributed by atoms with Gasteiger partial charge in [-0.25, -0.2) is 4.98 Å². The Balaban J connectivity index is 1.90. The van der Waals surface area contributed by atoms with E-state index in [0.717, 1.165) is 16.3 Å². The van der Waals surface area contributed by atoms with Gasteiger partial charge in [0.25, 0.3) is 0 Å². The van der Waals surface area contributed by atoms with Gasteiger partial charge in [-0.05, 0) is 31.5 Å². The van der Waals surface area contributed by atoms with E-state index in [4.69, 9.17) is 0 Å². The van der Waals surface area contributed by atoms with Crippen molar-refractivity contribution in [3.63, 3.8) is 0 Å². The summed E-state index contributed by atoms with van der Waals surface area (Å²) < 4.78 is 28.4. The average molecular weight is 298 g/mol. The first-order chi connectivity index (χ1) is 9.54. The van der Waals surface area contributed by atoms with Crippen molar-refractivity contribution in [1.29, 1.82) is 0 Å². The molecular weight excluding hydrogens is 282 g/mol. The van der Waals surface area contributed by atoms with Gasteiger partial charge in [-0.1, -0.05) is 12.1 Å². The zero-order valence-corrected chi connectivity index (χ0v) is 12.1. The Hall–Kier alpha value is -1.53. The minimum atomic E-state index is -2.79. The highest BCUT2D eigenvalue weighted by Crippen LogP contribution is 2.19. The minimum Gasteiger partial charge on any atom is -0.435 e. The Kier molecular flexibility index (Phi) is 5.03. The van der Waals surface area contributed by atoms with Crippen LogP contribution < -0.4 is 10.1 Å². The van der Waals surface area contributed by atoms with Crippen LogP contribution in [0.5, 0.6) is 5.75 Å². The lowest BCUT2D eigenvalue weighted by atomic mass is 10.1. The Morgan fingerprint density at radius 1 is 1.30 bits per heavy atom. The maximum absolute atomic E-state index is 12.0. The molecule has 1 aromatic carbocycles. The Morgan fingerprint density at radius 2 is 2.00 bits per heavy atom. The van der Waals surface area contributed by atoms with Crippen molar-refractivity contribution in [3.05, 3.63) is 45.9 Å². The van der Waals surface area contributed by atoms with Gasteiger partial charge >= 0.3 is 6.61 Å². The van der Waals surface area contributed by atoms with Crippen molar-refractivity contribution in [3.8, 4) is 5.75 Å². The SMILES string of the molecule is Cc1nc(CNC(C)c2ccc(OC(F)F)cc2)cs1. The third kappa shape index (κ3) is 4.25. The molecule has 1 aromatic heterocycles. The lowest BCUT2D eigenvalue weighted by Crippen LogP contribution is -2.18. The fourth-order valence-corrected chi connectivity index (χ4v) is 2.42. The molecule has 108 valence electrons. The molecule has 2 rings (SSSR count). The van der Waals surface area contributed by atoms with Crippen LogP contribution in [0.15, 0.2) is 29.6 Å². The Bertz CT molecular complexity index is 542. The molecule has 2 aromatic rings. The first-order valence-corrected chi connectivity index (χ1v) is 7.11. The summed E-state index contributed by atoms with van der Waals surface area (Å²) >= 11 is 1.62. The fourth-order valence-electron chi connectivity index (χ4n) is 1.80. The van der Waals surface area contributed by atoms with Gasteiger partial charge in [-0.15, -0.1) is 11.3 Å². The summed E-state index contributed by atoms with van der Waals surface area (Å²) in [6, 6.07) is 6.76. The van der Waals surface area contributed by atoms with E-state index in [9.17, 15) is 8.78 Å². The third-order valence-electron chi connectivity index (χ3n) is 2.86. The second kappa shape index (κ2) is 6.76. The van der Waals surface area contributed by atoms with Gasteiger partial charge in [-0.2, -0.15) is 8.78 Å². The topological polar surface area (TPSA) is 34.2 Å². The molecule has 0 spiro atoms. The molecule has 1 atom stereocenters. The molecule has 0 saturated carbocycles. The highest BCUT2D eigenvalue weighted by molar-refractivity contribution is 7.09. The van der Waals surface area contributed by atoms with E-state index in [0.29, 0.717) is 6.54 Å². The number of thiazole rings is 1. The van der Waals surface area contributed by atoms with Gasteiger partial charge in [0.05, 0.1) is 10.7 Å². The molecule has 1 heterocycles. The normalized spacial score (nSPS) is 12.7. The standard InChI is InChI=1S/C14H16F2N2OS/c1-9(17-7-12-8-20-10(2)18-12)11-3-5-13(6-4-11)19-14(15)16/h3-6,8-9,14,17H,7H2,1-2H3. The number of halogens is 2. The van der Waals surface area contributed by atoms with E-state index in [1.165, 1.54) is 0 Å². The smallest absolute Gasteiger partial charge is 0.387 e. The zero-order chi connectivity index (χ0) is 14.5. The van der Waals surface area contributed by atoms with Gasteiger partial charge in [0.2, 0.25) is 0 Å². The van der Waals surface area contributed by atoms with Crippen molar-refractivity contribution < 1.29 is 13.5 Å². The molecule has 0 bridgehead atoms. The summed E-state index contributed by atoms with van der Waals surface area (Å²) in [6.07, 6.45) is 0. The second-order valence-electron chi connectivity index (χ2n) is 4.41. The number of alkyl halides is 2. The largest absolute Gasteiger partial charge is 0.435 e. The molecule has 0 aliphatic carbocycles. The van der Waals surface area contributed by atoms with E-state index in [-0.39, 0.29) is 11.8 Å². The van der Waals surface area contributed by atoms with Crippen LogP contribution in [0.3, 0.4) is 0 Å². The van der Waals surface area contributed by atoms with E-state index < -0.39 is 6.61 Å². The monoisotopic (exact) mass is 298 g/mol. The van der Waals surface area contributed by atoms with Gasteiger partial charge in [0, 0.05) is 18.0 Å². The second-order valence-corrected chi connectivity index (χ2v) is 5.47. The maximum Gasteiger partial charge on any atom is 0.387 e. The molecule has 1 unspecified atom stereocenters. The molecule has 0 aliphatic heterocycles. The van der Waals surface area contributed by atoms with Crippen LogP contribution in [-0.4, -0.2) is 11.6 Å². The van der Waals surface area contributed by atoms with Crippen LogP contribution in [-0.2, 0) is 6.54 Å². The van der Waals surface area contributed by atoms with Crippen LogP contribution in [0.1, 0.15) is 29.2 Å². The number of hydrogen-bond acceptors (Lipinski definition) is 4. The number of nitrogens with one attached hydrogen (secondary N) is 1.